The van der Waals surface area contributed by atoms with Gasteiger partial charge in [-0.1, -0.05) is 19.9 Å². The van der Waals surface area contributed by atoms with Gasteiger partial charge in [-0.2, -0.15) is 0 Å². The van der Waals surface area contributed by atoms with E-state index in [4.69, 9.17) is 14.6 Å². The Morgan fingerprint density at radius 1 is 1.17 bits per heavy atom. The number of rotatable bonds is 7. The minimum absolute atomic E-state index is 0.0446. The van der Waals surface area contributed by atoms with Crippen molar-refractivity contribution in [2.24, 2.45) is 0 Å². The van der Waals surface area contributed by atoms with Crippen LogP contribution in [0.4, 0.5) is 4.79 Å². The minimum Gasteiger partial charge on any atom is -0.486 e. The number of amides is 2. The summed E-state index contributed by atoms with van der Waals surface area (Å²) in [4.78, 5) is 22.2. The first-order valence-corrected chi connectivity index (χ1v) is 8.02. The third-order valence-electron chi connectivity index (χ3n) is 3.87. The molecule has 2 amide bonds. The van der Waals surface area contributed by atoms with Crippen LogP contribution in [0.1, 0.15) is 32.3 Å². The summed E-state index contributed by atoms with van der Waals surface area (Å²) < 4.78 is 11.1. The van der Waals surface area contributed by atoms with Gasteiger partial charge in [-0.3, -0.25) is 4.79 Å². The molecule has 3 N–H and O–H groups in total. The lowest BCUT2D eigenvalue weighted by Gasteiger charge is -2.27. The fraction of sp³-hybridized carbons (Fsp3) is 0.529. The lowest BCUT2D eigenvalue weighted by molar-refractivity contribution is -0.137. The van der Waals surface area contributed by atoms with Crippen LogP contribution in [0, 0.1) is 0 Å². The number of carbonyl (C=O) groups excluding carboxylic acids is 1. The summed E-state index contributed by atoms with van der Waals surface area (Å²) >= 11 is 0. The van der Waals surface area contributed by atoms with Crippen molar-refractivity contribution in [2.45, 2.75) is 32.1 Å². The predicted molar refractivity (Wildman–Crippen MR) is 88.7 cm³/mol. The summed E-state index contributed by atoms with van der Waals surface area (Å²) in [5.41, 5.74) is 0.756. The van der Waals surface area contributed by atoms with Crippen LogP contribution in [0.3, 0.4) is 0 Å². The van der Waals surface area contributed by atoms with Crippen LogP contribution in [-0.4, -0.2) is 43.4 Å². The highest BCUT2D eigenvalue weighted by atomic mass is 16.6. The maximum absolute atomic E-state index is 11.8. The van der Waals surface area contributed by atoms with E-state index in [2.05, 4.69) is 10.6 Å². The summed E-state index contributed by atoms with van der Waals surface area (Å²) in [5.74, 6) is 0.604. The molecule has 0 fully saturated rings. The average Bonchev–Trinajstić information content (AvgIpc) is 2.56. The molecule has 24 heavy (non-hydrogen) atoms. The van der Waals surface area contributed by atoms with E-state index in [1.807, 2.05) is 32.0 Å². The van der Waals surface area contributed by atoms with E-state index in [0.29, 0.717) is 32.7 Å². The second kappa shape index (κ2) is 7.90. The van der Waals surface area contributed by atoms with Gasteiger partial charge in [0.05, 0.1) is 0 Å². The maximum Gasteiger partial charge on any atom is 0.314 e. The SMILES string of the molecule is CC(C)(CNC(=O)NCCCC(=O)O)c1ccc2c(c1)OCCO2. The van der Waals surface area contributed by atoms with Gasteiger partial charge in [0, 0.05) is 24.9 Å². The lowest BCUT2D eigenvalue weighted by Crippen LogP contribution is -2.42. The minimum atomic E-state index is -0.864. The molecule has 1 aliphatic rings. The lowest BCUT2D eigenvalue weighted by atomic mass is 9.84. The van der Waals surface area contributed by atoms with Gasteiger partial charge in [-0.05, 0) is 24.1 Å². The zero-order valence-corrected chi connectivity index (χ0v) is 14.1. The molecular formula is C17H24N2O5. The van der Waals surface area contributed by atoms with Gasteiger partial charge in [-0.15, -0.1) is 0 Å². The number of carbonyl (C=O) groups is 2. The third-order valence-corrected chi connectivity index (χ3v) is 3.87. The zero-order valence-electron chi connectivity index (χ0n) is 14.1. The third kappa shape index (κ3) is 5.04. The number of benzene rings is 1. The Bertz CT molecular complexity index is 601. The summed E-state index contributed by atoms with van der Waals surface area (Å²) in [6.45, 7) is 5.93. The monoisotopic (exact) mass is 336 g/mol. The van der Waals surface area contributed by atoms with Crippen molar-refractivity contribution >= 4 is 12.0 Å². The molecule has 2 rings (SSSR count). The van der Waals surface area contributed by atoms with E-state index in [9.17, 15) is 9.59 Å². The molecular weight excluding hydrogens is 312 g/mol. The Morgan fingerprint density at radius 3 is 2.58 bits per heavy atom. The number of fused-ring (bicyclic) bond motifs is 1. The Hall–Kier alpha value is -2.44. The van der Waals surface area contributed by atoms with Crippen molar-refractivity contribution in [3.8, 4) is 11.5 Å². The van der Waals surface area contributed by atoms with Crippen LogP contribution < -0.4 is 20.1 Å². The number of ether oxygens (including phenoxy) is 2. The van der Waals surface area contributed by atoms with Crippen LogP contribution in [0.2, 0.25) is 0 Å². The van der Waals surface area contributed by atoms with Gasteiger partial charge in [0.1, 0.15) is 13.2 Å². The molecule has 0 unspecified atom stereocenters. The van der Waals surface area contributed by atoms with E-state index in [-0.39, 0.29) is 17.9 Å². The van der Waals surface area contributed by atoms with Gasteiger partial charge in [0.25, 0.3) is 0 Å². The van der Waals surface area contributed by atoms with E-state index in [1.54, 1.807) is 0 Å². The molecule has 132 valence electrons. The molecule has 0 radical (unpaired) electrons. The molecule has 0 aromatic heterocycles. The molecule has 7 heteroatoms. The van der Waals surface area contributed by atoms with E-state index >= 15 is 0 Å². The second-order valence-electron chi connectivity index (χ2n) is 6.35. The van der Waals surface area contributed by atoms with Crippen molar-refractivity contribution in [3.05, 3.63) is 23.8 Å². The fourth-order valence-corrected chi connectivity index (χ4v) is 2.37. The Morgan fingerprint density at radius 2 is 1.88 bits per heavy atom. The molecule has 1 aromatic carbocycles. The van der Waals surface area contributed by atoms with Gasteiger partial charge in [0.15, 0.2) is 11.5 Å². The first kappa shape index (κ1) is 17.9. The van der Waals surface area contributed by atoms with Crippen molar-refractivity contribution < 1.29 is 24.2 Å². The number of nitrogens with one attached hydrogen (secondary N) is 2. The highest BCUT2D eigenvalue weighted by Gasteiger charge is 2.24. The van der Waals surface area contributed by atoms with Crippen LogP contribution in [0.25, 0.3) is 0 Å². The molecule has 0 bridgehead atoms. The first-order valence-electron chi connectivity index (χ1n) is 8.02. The smallest absolute Gasteiger partial charge is 0.314 e. The van der Waals surface area contributed by atoms with Gasteiger partial charge >= 0.3 is 12.0 Å². The zero-order chi connectivity index (χ0) is 17.6. The van der Waals surface area contributed by atoms with E-state index in [0.717, 1.165) is 17.1 Å². The highest BCUT2D eigenvalue weighted by Crippen LogP contribution is 2.34. The quantitative estimate of drug-likeness (QED) is 0.661. The Balaban J connectivity index is 1.84. The van der Waals surface area contributed by atoms with Crippen LogP contribution >= 0.6 is 0 Å². The number of hydrogen-bond acceptors (Lipinski definition) is 4. The summed E-state index contributed by atoms with van der Waals surface area (Å²) in [6, 6.07) is 5.50. The maximum atomic E-state index is 11.8. The molecule has 0 saturated heterocycles. The molecule has 0 spiro atoms. The topological polar surface area (TPSA) is 96.9 Å². The van der Waals surface area contributed by atoms with Crippen LogP contribution in [0.5, 0.6) is 11.5 Å². The van der Waals surface area contributed by atoms with Crippen molar-refractivity contribution in [3.63, 3.8) is 0 Å². The molecule has 7 nitrogen and oxygen atoms in total. The van der Waals surface area contributed by atoms with E-state index in [1.165, 1.54) is 0 Å². The molecule has 0 atom stereocenters. The standard InChI is InChI=1S/C17H24N2O5/c1-17(2,11-19-16(22)18-7-3-4-15(20)21)12-5-6-13-14(10-12)24-9-8-23-13/h5-6,10H,3-4,7-9,11H2,1-2H3,(H,20,21)(H2,18,19,22). The van der Waals surface area contributed by atoms with Crippen LogP contribution in [0.15, 0.2) is 18.2 Å². The summed E-state index contributed by atoms with van der Waals surface area (Å²) in [7, 11) is 0. The first-order chi connectivity index (χ1) is 11.4. The largest absolute Gasteiger partial charge is 0.486 e. The van der Waals surface area contributed by atoms with Crippen molar-refractivity contribution in [1.29, 1.82) is 0 Å². The molecule has 1 aliphatic heterocycles. The molecule has 1 heterocycles. The second-order valence-corrected chi connectivity index (χ2v) is 6.35. The summed E-state index contributed by atoms with van der Waals surface area (Å²) in [5, 5.41) is 14.0. The number of hydrogen-bond donors (Lipinski definition) is 3. The molecule has 0 saturated carbocycles. The van der Waals surface area contributed by atoms with Crippen LogP contribution in [-0.2, 0) is 10.2 Å². The van der Waals surface area contributed by atoms with Crippen molar-refractivity contribution in [2.75, 3.05) is 26.3 Å². The van der Waals surface area contributed by atoms with Gasteiger partial charge in [-0.25, -0.2) is 4.79 Å². The highest BCUT2D eigenvalue weighted by molar-refractivity contribution is 5.74. The average molecular weight is 336 g/mol. The van der Waals surface area contributed by atoms with Gasteiger partial charge in [0.2, 0.25) is 0 Å². The molecule has 0 aliphatic carbocycles. The fourth-order valence-electron chi connectivity index (χ4n) is 2.37. The summed E-state index contributed by atoms with van der Waals surface area (Å²) in [6.07, 6.45) is 0.456. The van der Waals surface area contributed by atoms with Gasteiger partial charge < -0.3 is 25.2 Å². The predicted octanol–water partition coefficient (Wildman–Crippen LogP) is 1.90. The number of carboxylic acid groups (broad SMARTS) is 1. The Labute approximate surface area is 141 Å². The van der Waals surface area contributed by atoms with Crippen molar-refractivity contribution in [1.82, 2.24) is 10.6 Å². The normalized spacial score (nSPS) is 13.2. The number of urea groups is 1. The number of aliphatic carboxylic acids is 1. The Kier molecular flexibility index (Phi) is 5.89. The van der Waals surface area contributed by atoms with E-state index < -0.39 is 5.97 Å². The number of carboxylic acids is 1. The molecule has 1 aromatic rings.